The molecule has 2 aromatic carbocycles. The number of carbonyl (C=O) groups is 1. The van der Waals surface area contributed by atoms with Gasteiger partial charge in [-0.3, -0.25) is 4.79 Å². The highest BCUT2D eigenvalue weighted by Crippen LogP contribution is 2.26. The van der Waals surface area contributed by atoms with Gasteiger partial charge in [-0.2, -0.15) is 0 Å². The van der Waals surface area contributed by atoms with Gasteiger partial charge >= 0.3 is 0 Å². The van der Waals surface area contributed by atoms with Gasteiger partial charge in [0.25, 0.3) is 0 Å². The molecule has 5 nitrogen and oxygen atoms in total. The van der Waals surface area contributed by atoms with Crippen LogP contribution in [0.5, 0.6) is 0 Å². The van der Waals surface area contributed by atoms with Crippen LogP contribution in [0.4, 0.5) is 10.1 Å². The van der Waals surface area contributed by atoms with Crippen LogP contribution >= 0.6 is 0 Å². The first kappa shape index (κ1) is 19.1. The van der Waals surface area contributed by atoms with Crippen molar-refractivity contribution in [2.45, 2.75) is 39.2 Å². The van der Waals surface area contributed by atoms with E-state index in [2.05, 4.69) is 20.1 Å². The van der Waals surface area contributed by atoms with Crippen molar-refractivity contribution in [2.24, 2.45) is 0 Å². The van der Waals surface area contributed by atoms with Crippen LogP contribution in [0.1, 0.15) is 36.2 Å². The molecular weight excluding hydrogens is 367 g/mol. The van der Waals surface area contributed by atoms with Crippen molar-refractivity contribution in [3.63, 3.8) is 0 Å². The molecule has 0 atom stereocenters. The van der Waals surface area contributed by atoms with Gasteiger partial charge in [0.1, 0.15) is 11.6 Å². The SMILES string of the molecule is Cc1ccc(/C=C/C(=O)Nc2cc(-c3nnc4n3CCCCC4)ccc2F)cc1. The molecule has 0 aliphatic carbocycles. The van der Waals surface area contributed by atoms with Crippen LogP contribution < -0.4 is 5.32 Å². The van der Waals surface area contributed by atoms with Gasteiger partial charge in [0.15, 0.2) is 5.82 Å². The van der Waals surface area contributed by atoms with Gasteiger partial charge in [-0.15, -0.1) is 10.2 Å². The summed E-state index contributed by atoms with van der Waals surface area (Å²) in [6, 6.07) is 12.5. The first-order valence-corrected chi connectivity index (χ1v) is 9.88. The maximum absolute atomic E-state index is 14.3. The lowest BCUT2D eigenvalue weighted by atomic mass is 10.1. The Balaban J connectivity index is 1.54. The fraction of sp³-hybridized carbons (Fsp3) is 0.261. The average molecular weight is 390 g/mol. The fourth-order valence-corrected chi connectivity index (χ4v) is 3.48. The van der Waals surface area contributed by atoms with Gasteiger partial charge in [-0.25, -0.2) is 4.39 Å². The summed E-state index contributed by atoms with van der Waals surface area (Å²) in [6.45, 7) is 2.86. The van der Waals surface area contributed by atoms with E-state index in [1.807, 2.05) is 31.2 Å². The van der Waals surface area contributed by atoms with Crippen molar-refractivity contribution in [1.29, 1.82) is 0 Å². The lowest BCUT2D eigenvalue weighted by Gasteiger charge is -2.09. The Morgan fingerprint density at radius 2 is 1.93 bits per heavy atom. The van der Waals surface area contributed by atoms with Gasteiger partial charge in [0.2, 0.25) is 5.91 Å². The van der Waals surface area contributed by atoms with E-state index in [9.17, 15) is 9.18 Å². The number of amides is 1. The third kappa shape index (κ3) is 4.42. The number of hydrogen-bond acceptors (Lipinski definition) is 3. The van der Waals surface area contributed by atoms with Crippen LogP contribution in [0.2, 0.25) is 0 Å². The van der Waals surface area contributed by atoms with E-state index >= 15 is 0 Å². The van der Waals surface area contributed by atoms with Crippen LogP contribution in [0.3, 0.4) is 0 Å². The third-order valence-electron chi connectivity index (χ3n) is 5.10. The largest absolute Gasteiger partial charge is 0.320 e. The fourth-order valence-electron chi connectivity index (χ4n) is 3.48. The number of nitrogens with one attached hydrogen (secondary N) is 1. The molecule has 0 spiro atoms. The van der Waals surface area contributed by atoms with E-state index in [-0.39, 0.29) is 11.6 Å². The highest BCUT2D eigenvalue weighted by atomic mass is 19.1. The normalized spacial score (nSPS) is 13.9. The van der Waals surface area contributed by atoms with Crippen LogP contribution in [-0.2, 0) is 17.8 Å². The number of fused-ring (bicyclic) bond motifs is 1. The molecule has 2 heterocycles. The number of benzene rings is 2. The smallest absolute Gasteiger partial charge is 0.248 e. The van der Waals surface area contributed by atoms with Crippen molar-refractivity contribution < 1.29 is 9.18 Å². The average Bonchev–Trinajstić information content (AvgIpc) is 2.97. The van der Waals surface area contributed by atoms with Crippen molar-refractivity contribution in [1.82, 2.24) is 14.8 Å². The summed E-state index contributed by atoms with van der Waals surface area (Å²) in [7, 11) is 0. The van der Waals surface area contributed by atoms with Gasteiger partial charge < -0.3 is 9.88 Å². The zero-order chi connectivity index (χ0) is 20.2. The quantitative estimate of drug-likeness (QED) is 0.653. The van der Waals surface area contributed by atoms with E-state index in [4.69, 9.17) is 0 Å². The lowest BCUT2D eigenvalue weighted by Crippen LogP contribution is -2.10. The van der Waals surface area contributed by atoms with E-state index in [0.717, 1.165) is 48.3 Å². The Morgan fingerprint density at radius 1 is 1.10 bits per heavy atom. The number of nitrogens with zero attached hydrogens (tertiary/aromatic N) is 3. The molecule has 1 N–H and O–H groups in total. The van der Waals surface area contributed by atoms with Crippen LogP contribution in [-0.4, -0.2) is 20.7 Å². The summed E-state index contributed by atoms with van der Waals surface area (Å²) >= 11 is 0. The molecule has 0 unspecified atom stereocenters. The van der Waals surface area contributed by atoms with Crippen LogP contribution in [0.25, 0.3) is 17.5 Å². The second-order valence-corrected chi connectivity index (χ2v) is 7.33. The first-order chi connectivity index (χ1) is 14.1. The Kier molecular flexibility index (Phi) is 5.51. The zero-order valence-electron chi connectivity index (χ0n) is 16.4. The summed E-state index contributed by atoms with van der Waals surface area (Å²) in [6.07, 6.45) is 7.36. The van der Waals surface area contributed by atoms with E-state index in [0.29, 0.717) is 5.82 Å². The monoisotopic (exact) mass is 390 g/mol. The standard InChI is InChI=1S/C23H23FN4O/c1-16-6-8-17(9-7-16)10-13-22(29)25-20-15-18(11-12-19(20)24)23-27-26-21-5-3-2-4-14-28(21)23/h6-13,15H,2-5,14H2,1H3,(H,25,29)/b13-10+. The van der Waals surface area contributed by atoms with Gasteiger partial charge in [0.05, 0.1) is 5.69 Å². The van der Waals surface area contributed by atoms with Gasteiger partial charge in [-0.05, 0) is 49.6 Å². The summed E-state index contributed by atoms with van der Waals surface area (Å²) < 4.78 is 16.4. The lowest BCUT2D eigenvalue weighted by molar-refractivity contribution is -0.111. The van der Waals surface area contributed by atoms with Gasteiger partial charge in [-0.1, -0.05) is 36.2 Å². The third-order valence-corrected chi connectivity index (χ3v) is 5.10. The molecule has 29 heavy (non-hydrogen) atoms. The number of aryl methyl sites for hydroxylation is 2. The molecule has 0 bridgehead atoms. The molecule has 4 rings (SSSR count). The highest BCUT2D eigenvalue weighted by molar-refractivity contribution is 6.02. The number of anilines is 1. The Morgan fingerprint density at radius 3 is 2.76 bits per heavy atom. The molecule has 0 radical (unpaired) electrons. The van der Waals surface area contributed by atoms with Crippen LogP contribution in [0.15, 0.2) is 48.5 Å². The zero-order valence-corrected chi connectivity index (χ0v) is 16.4. The summed E-state index contributed by atoms with van der Waals surface area (Å²) in [5, 5.41) is 11.2. The van der Waals surface area contributed by atoms with Crippen molar-refractivity contribution in [3.8, 4) is 11.4 Å². The molecule has 3 aromatic rings. The second kappa shape index (κ2) is 8.39. The van der Waals surface area contributed by atoms with Crippen molar-refractivity contribution in [2.75, 3.05) is 5.32 Å². The maximum atomic E-state index is 14.3. The predicted molar refractivity (Wildman–Crippen MR) is 112 cm³/mol. The second-order valence-electron chi connectivity index (χ2n) is 7.33. The van der Waals surface area contributed by atoms with Gasteiger partial charge in [0, 0.05) is 24.6 Å². The molecule has 1 amide bonds. The summed E-state index contributed by atoms with van der Waals surface area (Å²) in [5.41, 5.74) is 2.93. The minimum Gasteiger partial charge on any atom is -0.320 e. The Hall–Kier alpha value is -3.28. The molecule has 6 heteroatoms. The Labute approximate surface area is 169 Å². The topological polar surface area (TPSA) is 59.8 Å². The number of carbonyl (C=O) groups excluding carboxylic acids is 1. The summed E-state index contributed by atoms with van der Waals surface area (Å²) in [5.74, 6) is 0.809. The van der Waals surface area contributed by atoms with Crippen LogP contribution in [0, 0.1) is 12.7 Å². The van der Waals surface area contributed by atoms with E-state index in [1.54, 1.807) is 18.2 Å². The Bertz CT molecular complexity index is 1050. The minimum atomic E-state index is -0.485. The van der Waals surface area contributed by atoms with Crippen molar-refractivity contribution >= 4 is 17.7 Å². The maximum Gasteiger partial charge on any atom is 0.248 e. The molecule has 1 aliphatic heterocycles. The number of aromatic nitrogens is 3. The summed E-state index contributed by atoms with van der Waals surface area (Å²) in [4.78, 5) is 12.3. The molecule has 0 saturated carbocycles. The highest BCUT2D eigenvalue weighted by Gasteiger charge is 2.17. The molecule has 0 saturated heterocycles. The van der Waals surface area contributed by atoms with E-state index in [1.165, 1.54) is 18.6 Å². The van der Waals surface area contributed by atoms with E-state index < -0.39 is 5.82 Å². The molecule has 148 valence electrons. The molecular formula is C23H23FN4O. The molecule has 1 aliphatic rings. The molecule has 1 aromatic heterocycles. The molecule has 0 fully saturated rings. The predicted octanol–water partition coefficient (Wildman–Crippen LogP) is 4.77. The van der Waals surface area contributed by atoms with Crippen molar-refractivity contribution in [3.05, 3.63) is 71.3 Å². The number of hydrogen-bond donors (Lipinski definition) is 1. The number of halogens is 1. The number of rotatable bonds is 4. The minimum absolute atomic E-state index is 0.132. The first-order valence-electron chi connectivity index (χ1n) is 9.88.